The molecule has 1 aromatic carbocycles. The topological polar surface area (TPSA) is 50.5 Å². The minimum absolute atomic E-state index is 0.0323. The number of halogens is 1. The van der Waals surface area contributed by atoms with Gasteiger partial charge in [-0.2, -0.15) is 5.10 Å². The Kier molecular flexibility index (Phi) is 4.75. The second-order valence-corrected chi connectivity index (χ2v) is 5.99. The van der Waals surface area contributed by atoms with Gasteiger partial charge < -0.3 is 9.84 Å². The number of aromatic nitrogens is 2. The summed E-state index contributed by atoms with van der Waals surface area (Å²) in [5, 5.41) is 14.0. The smallest absolute Gasteiger partial charge is 0.123 e. The maximum atomic E-state index is 13.8. The van der Waals surface area contributed by atoms with Crippen LogP contribution in [0.4, 0.5) is 4.39 Å². The number of aryl methyl sites for hydroxylation is 2. The zero-order chi connectivity index (χ0) is 16.4. The van der Waals surface area contributed by atoms with Crippen LogP contribution in [0.15, 0.2) is 24.3 Å². The van der Waals surface area contributed by atoms with Gasteiger partial charge in [-0.3, -0.25) is 4.90 Å². The summed E-state index contributed by atoms with van der Waals surface area (Å²) in [6.45, 7) is 6.36. The molecule has 0 aliphatic carbocycles. The van der Waals surface area contributed by atoms with Crippen LogP contribution in [0.25, 0.3) is 5.69 Å². The Morgan fingerprint density at radius 2 is 2.17 bits per heavy atom. The average Bonchev–Trinajstić information content (AvgIpc) is 2.86. The Balaban J connectivity index is 1.95. The molecular weight excluding hydrogens is 297 g/mol. The molecule has 1 N–H and O–H groups in total. The Morgan fingerprint density at radius 1 is 1.35 bits per heavy atom. The largest absolute Gasteiger partial charge is 0.395 e. The molecule has 1 fully saturated rings. The van der Waals surface area contributed by atoms with Crippen molar-refractivity contribution in [1.29, 1.82) is 0 Å². The van der Waals surface area contributed by atoms with Crippen molar-refractivity contribution >= 4 is 0 Å². The highest BCUT2D eigenvalue weighted by atomic mass is 19.1. The summed E-state index contributed by atoms with van der Waals surface area (Å²) >= 11 is 0. The van der Waals surface area contributed by atoms with Gasteiger partial charge in [0.25, 0.3) is 0 Å². The van der Waals surface area contributed by atoms with Crippen molar-refractivity contribution in [2.75, 3.05) is 26.4 Å². The highest BCUT2D eigenvalue weighted by molar-refractivity contribution is 5.42. The molecular formula is C17H22FN3O2. The van der Waals surface area contributed by atoms with Crippen LogP contribution in [0.2, 0.25) is 0 Å². The molecule has 0 saturated carbocycles. The summed E-state index contributed by atoms with van der Waals surface area (Å²) in [6, 6.07) is 6.71. The van der Waals surface area contributed by atoms with Gasteiger partial charge in [-0.1, -0.05) is 0 Å². The number of benzene rings is 1. The Bertz CT molecular complexity index is 686. The van der Waals surface area contributed by atoms with Gasteiger partial charge in [0, 0.05) is 18.8 Å². The van der Waals surface area contributed by atoms with Crippen LogP contribution in [0.1, 0.15) is 17.0 Å². The highest BCUT2D eigenvalue weighted by Gasteiger charge is 2.23. The maximum absolute atomic E-state index is 13.8. The molecule has 0 unspecified atom stereocenters. The van der Waals surface area contributed by atoms with Crippen LogP contribution in [0, 0.1) is 19.7 Å². The third-order valence-corrected chi connectivity index (χ3v) is 4.21. The summed E-state index contributed by atoms with van der Waals surface area (Å²) in [5.74, 6) is -0.265. The Hall–Kier alpha value is -1.76. The minimum atomic E-state index is -0.265. The van der Waals surface area contributed by atoms with Crippen molar-refractivity contribution in [3.05, 3.63) is 47.0 Å². The second-order valence-electron chi connectivity index (χ2n) is 5.99. The fraction of sp³-hybridized carbons (Fsp3) is 0.471. The van der Waals surface area contributed by atoms with Gasteiger partial charge in [0.05, 0.1) is 37.2 Å². The van der Waals surface area contributed by atoms with E-state index in [1.807, 2.05) is 24.6 Å². The third-order valence-electron chi connectivity index (χ3n) is 4.21. The van der Waals surface area contributed by atoms with E-state index in [1.54, 1.807) is 12.1 Å². The predicted molar refractivity (Wildman–Crippen MR) is 85.1 cm³/mol. The number of hydrogen-bond donors (Lipinski definition) is 1. The summed E-state index contributed by atoms with van der Waals surface area (Å²) < 4.78 is 21.0. The van der Waals surface area contributed by atoms with E-state index in [9.17, 15) is 9.50 Å². The molecule has 0 spiro atoms. The number of nitrogens with zero attached hydrogens (tertiary/aromatic N) is 3. The van der Waals surface area contributed by atoms with E-state index in [4.69, 9.17) is 4.74 Å². The van der Waals surface area contributed by atoms with E-state index in [0.717, 1.165) is 29.2 Å². The standard InChI is InChI=1S/C17H22FN3O2/c1-12-7-13(2)21(19-12)17-4-3-15(18)8-14(17)9-20-5-6-23-11-16(20)10-22/h3-4,7-8,16,22H,5-6,9-11H2,1-2H3/t16-/m0/s1. The normalized spacial score (nSPS) is 19.2. The van der Waals surface area contributed by atoms with Crippen molar-refractivity contribution in [2.24, 2.45) is 0 Å². The minimum Gasteiger partial charge on any atom is -0.395 e. The van der Waals surface area contributed by atoms with E-state index < -0.39 is 0 Å². The molecule has 23 heavy (non-hydrogen) atoms. The molecule has 6 heteroatoms. The zero-order valence-corrected chi connectivity index (χ0v) is 13.5. The molecule has 1 aliphatic heterocycles. The fourth-order valence-electron chi connectivity index (χ4n) is 3.04. The zero-order valence-electron chi connectivity index (χ0n) is 13.5. The van der Waals surface area contributed by atoms with E-state index in [-0.39, 0.29) is 18.5 Å². The molecule has 124 valence electrons. The van der Waals surface area contributed by atoms with E-state index in [1.165, 1.54) is 6.07 Å². The van der Waals surface area contributed by atoms with Crippen molar-refractivity contribution in [1.82, 2.24) is 14.7 Å². The number of aliphatic hydroxyl groups is 1. The molecule has 5 nitrogen and oxygen atoms in total. The number of rotatable bonds is 4. The van der Waals surface area contributed by atoms with Gasteiger partial charge in [-0.05, 0) is 43.7 Å². The summed E-state index contributed by atoms with van der Waals surface area (Å²) in [6.07, 6.45) is 0. The SMILES string of the molecule is Cc1cc(C)n(-c2ccc(F)cc2CN2CCOC[C@@H]2CO)n1. The molecule has 1 atom stereocenters. The van der Waals surface area contributed by atoms with Crippen molar-refractivity contribution in [3.63, 3.8) is 0 Å². The molecule has 0 radical (unpaired) electrons. The second kappa shape index (κ2) is 6.78. The highest BCUT2D eigenvalue weighted by Crippen LogP contribution is 2.22. The van der Waals surface area contributed by atoms with E-state index in [2.05, 4.69) is 10.00 Å². The van der Waals surface area contributed by atoms with Crippen LogP contribution in [-0.4, -0.2) is 52.2 Å². The van der Waals surface area contributed by atoms with Crippen LogP contribution < -0.4 is 0 Å². The summed E-state index contributed by atoms with van der Waals surface area (Å²) in [4.78, 5) is 2.13. The molecule has 1 aliphatic rings. The molecule has 0 amide bonds. The van der Waals surface area contributed by atoms with Gasteiger partial charge >= 0.3 is 0 Å². The summed E-state index contributed by atoms with van der Waals surface area (Å²) in [5.41, 5.74) is 3.67. The van der Waals surface area contributed by atoms with Crippen LogP contribution >= 0.6 is 0 Å². The van der Waals surface area contributed by atoms with Crippen LogP contribution in [0.3, 0.4) is 0 Å². The first-order valence-corrected chi connectivity index (χ1v) is 7.83. The van der Waals surface area contributed by atoms with E-state index >= 15 is 0 Å². The van der Waals surface area contributed by atoms with Gasteiger partial charge in [0.2, 0.25) is 0 Å². The van der Waals surface area contributed by atoms with Gasteiger partial charge in [0.1, 0.15) is 5.82 Å². The molecule has 0 bridgehead atoms. The number of morpholine rings is 1. The summed E-state index contributed by atoms with van der Waals surface area (Å²) in [7, 11) is 0. The number of hydrogen-bond acceptors (Lipinski definition) is 4. The molecule has 1 aromatic heterocycles. The first-order chi connectivity index (χ1) is 11.1. The predicted octanol–water partition coefficient (Wildman–Crippen LogP) is 1.82. The molecule has 1 saturated heterocycles. The van der Waals surface area contributed by atoms with Crippen LogP contribution in [0.5, 0.6) is 0 Å². The molecule has 3 rings (SSSR count). The lowest BCUT2D eigenvalue weighted by Gasteiger charge is -2.34. The molecule has 2 heterocycles. The lowest BCUT2D eigenvalue weighted by molar-refractivity contribution is -0.0313. The first-order valence-electron chi connectivity index (χ1n) is 7.83. The quantitative estimate of drug-likeness (QED) is 0.934. The van der Waals surface area contributed by atoms with Crippen molar-refractivity contribution < 1.29 is 14.2 Å². The maximum Gasteiger partial charge on any atom is 0.123 e. The van der Waals surface area contributed by atoms with Gasteiger partial charge in [-0.15, -0.1) is 0 Å². The first kappa shape index (κ1) is 16.1. The average molecular weight is 319 g/mol. The Morgan fingerprint density at radius 3 is 2.87 bits per heavy atom. The fourth-order valence-corrected chi connectivity index (χ4v) is 3.04. The van der Waals surface area contributed by atoms with Crippen LogP contribution in [-0.2, 0) is 11.3 Å². The Labute approximate surface area is 135 Å². The molecule has 2 aromatic rings. The number of ether oxygens (including phenoxy) is 1. The lowest BCUT2D eigenvalue weighted by atomic mass is 10.1. The lowest BCUT2D eigenvalue weighted by Crippen LogP contribution is -2.47. The van der Waals surface area contributed by atoms with Crippen molar-refractivity contribution in [2.45, 2.75) is 26.4 Å². The van der Waals surface area contributed by atoms with Gasteiger partial charge in [-0.25, -0.2) is 9.07 Å². The monoisotopic (exact) mass is 319 g/mol. The van der Waals surface area contributed by atoms with Crippen molar-refractivity contribution in [3.8, 4) is 5.69 Å². The van der Waals surface area contributed by atoms with E-state index in [0.29, 0.717) is 19.8 Å². The number of aliphatic hydroxyl groups excluding tert-OH is 1. The third kappa shape index (κ3) is 3.44. The van der Waals surface area contributed by atoms with Gasteiger partial charge in [0.15, 0.2) is 0 Å².